The van der Waals surface area contributed by atoms with Crippen LogP contribution in [0, 0.1) is 12.8 Å². The van der Waals surface area contributed by atoms with E-state index in [1.54, 1.807) is 6.20 Å². The van der Waals surface area contributed by atoms with Crippen molar-refractivity contribution in [1.82, 2.24) is 15.0 Å². The Morgan fingerprint density at radius 2 is 2.11 bits per heavy atom. The molecule has 1 aromatic heterocycles. The van der Waals surface area contributed by atoms with E-state index in [4.69, 9.17) is 4.52 Å². The Labute approximate surface area is 113 Å². The molecule has 3 rings (SSSR count). The molecule has 1 amide bonds. The van der Waals surface area contributed by atoms with Crippen LogP contribution in [0.4, 0.5) is 0 Å². The zero-order valence-corrected chi connectivity index (χ0v) is 11.5. The van der Waals surface area contributed by atoms with Crippen molar-refractivity contribution >= 4 is 5.91 Å². The van der Waals surface area contributed by atoms with E-state index in [2.05, 4.69) is 10.1 Å². The first-order chi connectivity index (χ1) is 9.24. The number of aromatic nitrogens is 1. The van der Waals surface area contributed by atoms with E-state index < -0.39 is 0 Å². The lowest BCUT2D eigenvalue weighted by molar-refractivity contribution is -0.140. The average Bonchev–Trinajstić information content (AvgIpc) is 2.74. The lowest BCUT2D eigenvalue weighted by Crippen LogP contribution is -2.50. The Morgan fingerprint density at radius 1 is 1.37 bits per heavy atom. The second-order valence-electron chi connectivity index (χ2n) is 5.64. The summed E-state index contributed by atoms with van der Waals surface area (Å²) in [6, 6.07) is 0. The van der Waals surface area contributed by atoms with Gasteiger partial charge in [-0.2, -0.15) is 0 Å². The maximum Gasteiger partial charge on any atom is 0.225 e. The van der Waals surface area contributed by atoms with Gasteiger partial charge in [-0.3, -0.25) is 9.69 Å². The van der Waals surface area contributed by atoms with Crippen molar-refractivity contribution in [1.29, 1.82) is 0 Å². The SMILES string of the molecule is Cc1oncc1CN1CCN(C(=O)C2CCC2)CC1. The van der Waals surface area contributed by atoms with Crippen LogP contribution in [0.1, 0.15) is 30.6 Å². The van der Waals surface area contributed by atoms with Gasteiger partial charge in [-0.15, -0.1) is 0 Å². The zero-order valence-electron chi connectivity index (χ0n) is 11.5. The molecule has 0 atom stereocenters. The van der Waals surface area contributed by atoms with E-state index in [0.29, 0.717) is 11.8 Å². The number of carbonyl (C=O) groups excluding carboxylic acids is 1. The molecule has 19 heavy (non-hydrogen) atoms. The Kier molecular flexibility index (Phi) is 3.55. The number of hydrogen-bond acceptors (Lipinski definition) is 4. The van der Waals surface area contributed by atoms with Crippen LogP contribution in [0.3, 0.4) is 0 Å². The third kappa shape index (κ3) is 2.66. The fraction of sp³-hybridized carbons (Fsp3) is 0.714. The number of amides is 1. The second kappa shape index (κ2) is 5.33. The van der Waals surface area contributed by atoms with Crippen molar-refractivity contribution in [2.45, 2.75) is 32.7 Å². The number of carbonyl (C=O) groups is 1. The summed E-state index contributed by atoms with van der Waals surface area (Å²) in [5.41, 5.74) is 1.15. The van der Waals surface area contributed by atoms with Crippen LogP contribution < -0.4 is 0 Å². The van der Waals surface area contributed by atoms with Gasteiger partial charge < -0.3 is 9.42 Å². The molecular weight excluding hydrogens is 242 g/mol. The standard InChI is InChI=1S/C14H21N3O2/c1-11-13(9-15-19-11)10-16-5-7-17(8-6-16)14(18)12-3-2-4-12/h9,12H,2-8,10H2,1H3. The van der Waals surface area contributed by atoms with Crippen LogP contribution in [0.5, 0.6) is 0 Å². The van der Waals surface area contributed by atoms with Crippen LogP contribution >= 0.6 is 0 Å². The molecule has 0 aromatic carbocycles. The minimum Gasteiger partial charge on any atom is -0.361 e. The Bertz CT molecular complexity index is 445. The van der Waals surface area contributed by atoms with Gasteiger partial charge in [-0.05, 0) is 19.8 Å². The normalized spacial score (nSPS) is 21.4. The Morgan fingerprint density at radius 3 is 2.63 bits per heavy atom. The fourth-order valence-electron chi connectivity index (χ4n) is 2.75. The van der Waals surface area contributed by atoms with Crippen LogP contribution in [-0.4, -0.2) is 47.0 Å². The topological polar surface area (TPSA) is 49.6 Å². The van der Waals surface area contributed by atoms with Gasteiger partial charge in [-0.25, -0.2) is 0 Å². The summed E-state index contributed by atoms with van der Waals surface area (Å²) in [5.74, 6) is 1.60. The van der Waals surface area contributed by atoms with Gasteiger partial charge in [-0.1, -0.05) is 11.6 Å². The van der Waals surface area contributed by atoms with Gasteiger partial charge in [0.2, 0.25) is 5.91 Å². The summed E-state index contributed by atoms with van der Waals surface area (Å²) in [6.07, 6.45) is 5.21. The molecule has 5 nitrogen and oxygen atoms in total. The molecule has 2 fully saturated rings. The van der Waals surface area contributed by atoms with Gasteiger partial charge >= 0.3 is 0 Å². The first-order valence-corrected chi connectivity index (χ1v) is 7.15. The summed E-state index contributed by atoms with van der Waals surface area (Å²) in [4.78, 5) is 16.5. The smallest absolute Gasteiger partial charge is 0.225 e. The molecule has 1 aliphatic heterocycles. The van der Waals surface area contributed by atoms with Gasteiger partial charge in [0, 0.05) is 44.2 Å². The highest BCUT2D eigenvalue weighted by molar-refractivity contribution is 5.79. The summed E-state index contributed by atoms with van der Waals surface area (Å²) >= 11 is 0. The number of piperazine rings is 1. The van der Waals surface area contributed by atoms with E-state index >= 15 is 0 Å². The fourth-order valence-corrected chi connectivity index (χ4v) is 2.75. The molecule has 0 unspecified atom stereocenters. The van der Waals surface area contributed by atoms with E-state index in [1.807, 2.05) is 11.8 Å². The summed E-state index contributed by atoms with van der Waals surface area (Å²) < 4.78 is 5.08. The van der Waals surface area contributed by atoms with E-state index in [-0.39, 0.29) is 0 Å². The molecule has 1 aromatic rings. The predicted molar refractivity (Wildman–Crippen MR) is 70.4 cm³/mol. The highest BCUT2D eigenvalue weighted by Crippen LogP contribution is 2.28. The van der Waals surface area contributed by atoms with Crippen molar-refractivity contribution in [3.8, 4) is 0 Å². The van der Waals surface area contributed by atoms with Crippen LogP contribution in [0.25, 0.3) is 0 Å². The summed E-state index contributed by atoms with van der Waals surface area (Å²) in [6.45, 7) is 6.44. The van der Waals surface area contributed by atoms with Crippen LogP contribution in [0.15, 0.2) is 10.7 Å². The lowest BCUT2D eigenvalue weighted by Gasteiger charge is -2.38. The molecule has 1 saturated heterocycles. The zero-order chi connectivity index (χ0) is 13.2. The van der Waals surface area contributed by atoms with Crippen LogP contribution in [-0.2, 0) is 11.3 Å². The van der Waals surface area contributed by atoms with Crippen molar-refractivity contribution in [2.75, 3.05) is 26.2 Å². The molecule has 2 aliphatic rings. The molecule has 104 valence electrons. The molecule has 1 saturated carbocycles. The van der Waals surface area contributed by atoms with E-state index in [0.717, 1.165) is 56.9 Å². The third-order valence-electron chi connectivity index (χ3n) is 4.38. The van der Waals surface area contributed by atoms with Gasteiger partial charge in [0.05, 0.1) is 6.20 Å². The Hall–Kier alpha value is -1.36. The molecule has 0 radical (unpaired) electrons. The average molecular weight is 263 g/mol. The quantitative estimate of drug-likeness (QED) is 0.827. The molecule has 5 heteroatoms. The number of nitrogens with zero attached hydrogens (tertiary/aromatic N) is 3. The summed E-state index contributed by atoms with van der Waals surface area (Å²) in [5, 5.41) is 3.81. The number of rotatable bonds is 3. The first-order valence-electron chi connectivity index (χ1n) is 7.15. The van der Waals surface area contributed by atoms with Crippen molar-refractivity contribution in [3.63, 3.8) is 0 Å². The maximum atomic E-state index is 12.1. The minimum absolute atomic E-state index is 0.326. The maximum absolute atomic E-state index is 12.1. The minimum atomic E-state index is 0.326. The Balaban J connectivity index is 1.49. The molecule has 1 aliphatic carbocycles. The second-order valence-corrected chi connectivity index (χ2v) is 5.64. The van der Waals surface area contributed by atoms with E-state index in [9.17, 15) is 4.79 Å². The van der Waals surface area contributed by atoms with Crippen molar-refractivity contribution < 1.29 is 9.32 Å². The van der Waals surface area contributed by atoms with E-state index in [1.165, 1.54) is 6.42 Å². The van der Waals surface area contributed by atoms with Gasteiger partial charge in [0.1, 0.15) is 5.76 Å². The molecule has 0 bridgehead atoms. The predicted octanol–water partition coefficient (Wildman–Crippen LogP) is 1.43. The molecular formula is C14H21N3O2. The third-order valence-corrected chi connectivity index (χ3v) is 4.38. The van der Waals surface area contributed by atoms with Gasteiger partial charge in [0.15, 0.2) is 0 Å². The number of hydrogen-bond donors (Lipinski definition) is 0. The molecule has 0 N–H and O–H groups in total. The first kappa shape index (κ1) is 12.7. The molecule has 2 heterocycles. The highest BCUT2D eigenvalue weighted by Gasteiger charge is 2.31. The lowest BCUT2D eigenvalue weighted by atomic mass is 9.84. The van der Waals surface area contributed by atoms with Crippen LogP contribution in [0.2, 0.25) is 0 Å². The highest BCUT2D eigenvalue weighted by atomic mass is 16.5. The molecule has 0 spiro atoms. The van der Waals surface area contributed by atoms with Crippen molar-refractivity contribution in [2.24, 2.45) is 5.92 Å². The summed E-state index contributed by atoms with van der Waals surface area (Å²) in [7, 11) is 0. The largest absolute Gasteiger partial charge is 0.361 e. The number of aryl methyl sites for hydroxylation is 1. The monoisotopic (exact) mass is 263 g/mol. The van der Waals surface area contributed by atoms with Gasteiger partial charge in [0.25, 0.3) is 0 Å². The van der Waals surface area contributed by atoms with Crippen molar-refractivity contribution in [3.05, 3.63) is 17.5 Å².